The molecule has 9 heteroatoms. The zero-order valence-corrected chi connectivity index (χ0v) is 12.9. The van der Waals surface area contributed by atoms with Crippen LogP contribution in [-0.2, 0) is 6.18 Å². The second-order valence-electron chi connectivity index (χ2n) is 5.09. The Morgan fingerprint density at radius 3 is 2.57 bits per heavy atom. The lowest BCUT2D eigenvalue weighted by atomic mass is 10.1. The fourth-order valence-corrected chi connectivity index (χ4v) is 2.52. The summed E-state index contributed by atoms with van der Waals surface area (Å²) < 4.78 is 53.0. The van der Waals surface area contributed by atoms with E-state index in [-0.39, 0.29) is 31.8 Å². The van der Waals surface area contributed by atoms with Crippen molar-refractivity contribution in [2.75, 3.05) is 11.4 Å². The Hall–Kier alpha value is -2.03. The molecule has 124 valence electrons. The van der Waals surface area contributed by atoms with Gasteiger partial charge in [-0.15, -0.1) is 0 Å². The van der Waals surface area contributed by atoms with Crippen molar-refractivity contribution in [3.05, 3.63) is 47.5 Å². The molecule has 0 aliphatic carbocycles. The summed E-state index contributed by atoms with van der Waals surface area (Å²) in [4.78, 5) is 13.6. The third-order valence-electron chi connectivity index (χ3n) is 3.57. The summed E-state index contributed by atoms with van der Waals surface area (Å²) in [6, 6.07) is 3.84. The average molecular weight is 347 g/mol. The number of fused-ring (bicyclic) bond motifs is 1. The number of hydrogen-bond donors (Lipinski definition) is 0. The van der Waals surface area contributed by atoms with Gasteiger partial charge in [0.1, 0.15) is 11.5 Å². The van der Waals surface area contributed by atoms with E-state index < -0.39 is 23.5 Å². The summed E-state index contributed by atoms with van der Waals surface area (Å²) in [5, 5.41) is 4.03. The minimum atomic E-state index is -4.76. The highest BCUT2D eigenvalue weighted by atomic mass is 32.1. The van der Waals surface area contributed by atoms with Crippen molar-refractivity contribution in [3.8, 4) is 0 Å². The average Bonchev–Trinajstić information content (AvgIpc) is 2.91. The molecule has 2 heterocycles. The highest BCUT2D eigenvalue weighted by Crippen LogP contribution is 2.34. The number of amides is 1. The number of hydrogen-bond acceptors (Lipinski definition) is 2. The fraction of sp³-hybridized carbons (Fsp3) is 0.286. The van der Waals surface area contributed by atoms with Gasteiger partial charge in [0.15, 0.2) is 0 Å². The molecule has 2 aromatic rings. The molecule has 3 rings (SSSR count). The first-order chi connectivity index (χ1) is 10.3. The summed E-state index contributed by atoms with van der Waals surface area (Å²) in [5.41, 5.74) is -0.937. The van der Waals surface area contributed by atoms with E-state index in [1.807, 2.05) is 6.92 Å². The van der Waals surface area contributed by atoms with Crippen LogP contribution in [0.15, 0.2) is 30.5 Å². The van der Waals surface area contributed by atoms with Gasteiger partial charge in [-0.3, -0.25) is 9.48 Å². The molecular weight excluding hydrogens is 334 g/mol. The third-order valence-corrected chi connectivity index (χ3v) is 3.57. The van der Waals surface area contributed by atoms with Crippen LogP contribution in [0.2, 0.25) is 0 Å². The molecule has 0 saturated carbocycles. The Kier molecular flexibility index (Phi) is 4.43. The van der Waals surface area contributed by atoms with E-state index in [1.165, 1.54) is 17.2 Å². The first-order valence-corrected chi connectivity index (χ1v) is 6.51. The number of rotatable bonds is 1. The van der Waals surface area contributed by atoms with Crippen molar-refractivity contribution in [3.63, 3.8) is 0 Å². The van der Waals surface area contributed by atoms with E-state index in [1.54, 1.807) is 4.68 Å². The van der Waals surface area contributed by atoms with Gasteiger partial charge in [0.05, 0.1) is 11.6 Å². The number of anilines is 1. The lowest BCUT2D eigenvalue weighted by Crippen LogP contribution is -2.42. The quantitative estimate of drug-likeness (QED) is 0.742. The maximum atomic E-state index is 13.7. The predicted octanol–water partition coefficient (Wildman–Crippen LogP) is 3.38. The minimum Gasteiger partial charge on any atom is -0.305 e. The molecule has 1 atom stereocenters. The molecule has 0 radical (unpaired) electrons. The Morgan fingerprint density at radius 1 is 1.26 bits per heavy atom. The van der Waals surface area contributed by atoms with Gasteiger partial charge >= 0.3 is 6.18 Å². The molecule has 1 aromatic carbocycles. The second kappa shape index (κ2) is 5.88. The van der Waals surface area contributed by atoms with E-state index in [2.05, 4.69) is 5.10 Å². The van der Waals surface area contributed by atoms with Crippen molar-refractivity contribution in [1.29, 1.82) is 0 Å². The van der Waals surface area contributed by atoms with E-state index in [9.17, 15) is 22.4 Å². The SMILES string of the molecule is C[C@H]1CN(c2ccc(C(F)(F)F)c(F)c2)C(=O)c2ccnn21.S. The van der Waals surface area contributed by atoms with Crippen LogP contribution in [0.3, 0.4) is 0 Å². The first-order valence-electron chi connectivity index (χ1n) is 6.51. The van der Waals surface area contributed by atoms with Crippen LogP contribution in [0.1, 0.15) is 29.0 Å². The summed E-state index contributed by atoms with van der Waals surface area (Å²) >= 11 is 0. The number of carbonyl (C=O) groups excluding carboxylic acids is 1. The molecule has 0 N–H and O–H groups in total. The summed E-state index contributed by atoms with van der Waals surface area (Å²) in [6.07, 6.45) is -3.29. The second-order valence-corrected chi connectivity index (χ2v) is 5.09. The third kappa shape index (κ3) is 2.92. The minimum absolute atomic E-state index is 0. The standard InChI is InChI=1S/C14H11F4N3O.H2S/c1-8-7-20(13(22)12-4-5-19-21(8)12)9-2-3-10(11(15)6-9)14(16,17)18;/h2-6,8H,7H2,1H3;1H2/t8-;/m0./s1. The molecule has 1 amide bonds. The zero-order chi connectivity index (χ0) is 16.1. The number of nitrogens with zero attached hydrogens (tertiary/aromatic N) is 3. The smallest absolute Gasteiger partial charge is 0.305 e. The van der Waals surface area contributed by atoms with Gasteiger partial charge in [-0.2, -0.15) is 31.8 Å². The van der Waals surface area contributed by atoms with E-state index in [4.69, 9.17) is 0 Å². The monoisotopic (exact) mass is 347 g/mol. The molecule has 1 aromatic heterocycles. The lowest BCUT2D eigenvalue weighted by molar-refractivity contribution is -0.139. The first kappa shape index (κ1) is 17.3. The van der Waals surface area contributed by atoms with Crippen molar-refractivity contribution >= 4 is 25.1 Å². The van der Waals surface area contributed by atoms with Gasteiger partial charge in [-0.1, -0.05) is 0 Å². The summed E-state index contributed by atoms with van der Waals surface area (Å²) in [5.74, 6) is -1.82. The topological polar surface area (TPSA) is 38.1 Å². The number of alkyl halides is 3. The molecule has 1 aliphatic rings. The zero-order valence-electron chi connectivity index (χ0n) is 11.9. The van der Waals surface area contributed by atoms with Crippen LogP contribution < -0.4 is 4.90 Å². The van der Waals surface area contributed by atoms with Gasteiger partial charge < -0.3 is 4.90 Å². The van der Waals surface area contributed by atoms with E-state index in [0.29, 0.717) is 11.8 Å². The Labute approximate surface area is 136 Å². The largest absolute Gasteiger partial charge is 0.419 e. The highest BCUT2D eigenvalue weighted by Gasteiger charge is 2.35. The van der Waals surface area contributed by atoms with E-state index >= 15 is 0 Å². The molecule has 0 spiro atoms. The van der Waals surface area contributed by atoms with Crippen LogP contribution in [0, 0.1) is 5.82 Å². The molecule has 23 heavy (non-hydrogen) atoms. The Bertz CT molecular complexity index is 744. The molecule has 0 fully saturated rings. The van der Waals surface area contributed by atoms with E-state index in [0.717, 1.165) is 12.1 Å². The van der Waals surface area contributed by atoms with Gasteiger partial charge in [-0.05, 0) is 31.2 Å². The molecule has 1 aliphatic heterocycles. The molecule has 4 nitrogen and oxygen atoms in total. The van der Waals surface area contributed by atoms with Crippen LogP contribution in [0.4, 0.5) is 23.2 Å². The van der Waals surface area contributed by atoms with Crippen LogP contribution in [-0.4, -0.2) is 22.2 Å². The maximum Gasteiger partial charge on any atom is 0.419 e. The lowest BCUT2D eigenvalue weighted by Gasteiger charge is -2.32. The Morgan fingerprint density at radius 2 is 1.96 bits per heavy atom. The molecule has 0 unspecified atom stereocenters. The number of benzene rings is 1. The summed E-state index contributed by atoms with van der Waals surface area (Å²) in [7, 11) is 0. The van der Waals surface area contributed by atoms with Crippen molar-refractivity contribution in [2.24, 2.45) is 0 Å². The van der Waals surface area contributed by atoms with Crippen LogP contribution in [0.5, 0.6) is 0 Å². The summed E-state index contributed by atoms with van der Waals surface area (Å²) in [6.45, 7) is 2.02. The van der Waals surface area contributed by atoms with Crippen LogP contribution >= 0.6 is 13.5 Å². The van der Waals surface area contributed by atoms with Gasteiger partial charge in [-0.25, -0.2) is 4.39 Å². The highest BCUT2D eigenvalue weighted by molar-refractivity contribution is 7.59. The Balaban J connectivity index is 0.00000192. The molecular formula is C14H13F4N3OS. The van der Waals surface area contributed by atoms with Crippen molar-refractivity contribution in [1.82, 2.24) is 9.78 Å². The van der Waals surface area contributed by atoms with Crippen LogP contribution in [0.25, 0.3) is 0 Å². The number of halogens is 4. The fourth-order valence-electron chi connectivity index (χ4n) is 2.52. The van der Waals surface area contributed by atoms with Gasteiger partial charge in [0, 0.05) is 18.4 Å². The maximum absolute atomic E-state index is 13.7. The molecule has 0 saturated heterocycles. The van der Waals surface area contributed by atoms with Crippen molar-refractivity contribution < 1.29 is 22.4 Å². The predicted molar refractivity (Wildman–Crippen MR) is 80.4 cm³/mol. The van der Waals surface area contributed by atoms with Gasteiger partial charge in [0.2, 0.25) is 0 Å². The number of carbonyl (C=O) groups is 1. The van der Waals surface area contributed by atoms with Crippen molar-refractivity contribution in [2.45, 2.75) is 19.1 Å². The molecule has 0 bridgehead atoms. The normalized spacial score (nSPS) is 17.7. The van der Waals surface area contributed by atoms with Gasteiger partial charge in [0.25, 0.3) is 5.91 Å². The number of aromatic nitrogens is 2.